The third-order valence-corrected chi connectivity index (χ3v) is 3.99. The van der Waals surface area contributed by atoms with Crippen LogP contribution in [0, 0.1) is 0 Å². The van der Waals surface area contributed by atoms with E-state index in [0.717, 1.165) is 0 Å². The molecule has 31 heavy (non-hydrogen) atoms. The largest absolute Gasteiger partial charge is 0.465 e. The van der Waals surface area contributed by atoms with Crippen LogP contribution in [0.4, 0.5) is 5.69 Å². The first-order valence-corrected chi connectivity index (χ1v) is 9.21. The molecule has 0 heterocycles. The number of hydrazone groups is 1. The number of hydrogen-bond donors (Lipinski definition) is 2. The molecule has 0 aliphatic carbocycles. The lowest BCUT2D eigenvalue weighted by Crippen LogP contribution is -2.32. The fraction of sp³-hybridized carbons (Fsp3) is 0.0435. The second kappa shape index (κ2) is 10.4. The SMILES string of the molecule is COC(=O)c1ccc(NC(=O)C(=O)N/N=C\c2cccc(Oc3ccccc3)c2)cc1. The summed E-state index contributed by atoms with van der Waals surface area (Å²) in [6.07, 6.45) is 1.40. The molecule has 2 N–H and O–H groups in total. The Kier molecular flexibility index (Phi) is 7.10. The Morgan fingerprint density at radius 2 is 1.55 bits per heavy atom. The molecule has 0 saturated heterocycles. The summed E-state index contributed by atoms with van der Waals surface area (Å²) < 4.78 is 10.3. The van der Waals surface area contributed by atoms with Crippen molar-refractivity contribution in [3.05, 3.63) is 90.0 Å². The third kappa shape index (κ3) is 6.26. The first kappa shape index (κ1) is 21.3. The van der Waals surface area contributed by atoms with Crippen molar-refractivity contribution in [2.24, 2.45) is 5.10 Å². The summed E-state index contributed by atoms with van der Waals surface area (Å²) in [5.41, 5.74) is 3.51. The Balaban J connectivity index is 1.53. The molecule has 0 spiro atoms. The molecule has 0 aromatic heterocycles. The van der Waals surface area contributed by atoms with Gasteiger partial charge in [0.25, 0.3) is 0 Å². The van der Waals surface area contributed by atoms with Gasteiger partial charge in [0.1, 0.15) is 11.5 Å². The normalized spacial score (nSPS) is 10.4. The minimum Gasteiger partial charge on any atom is -0.465 e. The highest BCUT2D eigenvalue weighted by atomic mass is 16.5. The van der Waals surface area contributed by atoms with Crippen molar-refractivity contribution in [1.29, 1.82) is 0 Å². The van der Waals surface area contributed by atoms with E-state index in [0.29, 0.717) is 28.3 Å². The standard InChI is InChI=1S/C23H19N3O5/c1-30-23(29)17-10-12-18(13-11-17)25-21(27)22(28)26-24-15-16-6-5-9-20(14-16)31-19-7-3-2-4-8-19/h2-15H,1H3,(H,25,27)(H,26,28)/b24-15-. The van der Waals surface area contributed by atoms with E-state index in [2.05, 4.69) is 20.6 Å². The van der Waals surface area contributed by atoms with Crippen LogP contribution in [0.1, 0.15) is 15.9 Å². The predicted octanol–water partition coefficient (Wildman–Crippen LogP) is 3.35. The number of ether oxygens (including phenoxy) is 2. The maximum Gasteiger partial charge on any atom is 0.337 e. The van der Waals surface area contributed by atoms with E-state index < -0.39 is 17.8 Å². The van der Waals surface area contributed by atoms with Crippen LogP contribution >= 0.6 is 0 Å². The number of para-hydroxylation sites is 1. The molecule has 0 aliphatic heterocycles. The lowest BCUT2D eigenvalue weighted by atomic mass is 10.2. The van der Waals surface area contributed by atoms with Crippen LogP contribution in [0.3, 0.4) is 0 Å². The second-order valence-electron chi connectivity index (χ2n) is 6.21. The van der Waals surface area contributed by atoms with Crippen molar-refractivity contribution in [1.82, 2.24) is 5.43 Å². The van der Waals surface area contributed by atoms with E-state index in [-0.39, 0.29) is 0 Å². The number of carbonyl (C=O) groups excluding carboxylic acids is 3. The van der Waals surface area contributed by atoms with Gasteiger partial charge in [-0.25, -0.2) is 10.2 Å². The molecule has 0 aliphatic rings. The maximum atomic E-state index is 12.0. The minimum atomic E-state index is -0.940. The zero-order valence-electron chi connectivity index (χ0n) is 16.6. The molecule has 3 aromatic rings. The van der Waals surface area contributed by atoms with E-state index in [1.165, 1.54) is 37.6 Å². The van der Waals surface area contributed by atoms with Crippen LogP contribution in [-0.4, -0.2) is 31.1 Å². The molecule has 8 nitrogen and oxygen atoms in total. The minimum absolute atomic E-state index is 0.327. The molecule has 2 amide bonds. The fourth-order valence-corrected chi connectivity index (χ4v) is 2.49. The van der Waals surface area contributed by atoms with Gasteiger partial charge in [-0.1, -0.05) is 30.3 Å². The van der Waals surface area contributed by atoms with Crippen molar-refractivity contribution in [2.75, 3.05) is 12.4 Å². The number of nitrogens with zero attached hydrogens (tertiary/aromatic N) is 1. The van der Waals surface area contributed by atoms with Gasteiger partial charge in [0.05, 0.1) is 18.9 Å². The molecular weight excluding hydrogens is 398 g/mol. The zero-order chi connectivity index (χ0) is 22.1. The number of hydrogen-bond acceptors (Lipinski definition) is 6. The predicted molar refractivity (Wildman–Crippen MR) is 115 cm³/mol. The molecular formula is C23H19N3O5. The Bertz CT molecular complexity index is 1100. The van der Waals surface area contributed by atoms with Gasteiger partial charge in [0, 0.05) is 5.69 Å². The average Bonchev–Trinajstić information content (AvgIpc) is 2.80. The van der Waals surface area contributed by atoms with E-state index in [4.69, 9.17) is 4.74 Å². The number of benzene rings is 3. The number of methoxy groups -OCH3 is 1. The monoisotopic (exact) mass is 417 g/mol. The van der Waals surface area contributed by atoms with Gasteiger partial charge in [-0.05, 0) is 54.1 Å². The number of esters is 1. The Morgan fingerprint density at radius 1 is 0.839 bits per heavy atom. The average molecular weight is 417 g/mol. The van der Waals surface area contributed by atoms with E-state index in [1.54, 1.807) is 24.3 Å². The van der Waals surface area contributed by atoms with E-state index >= 15 is 0 Å². The summed E-state index contributed by atoms with van der Waals surface area (Å²) in [6.45, 7) is 0. The van der Waals surface area contributed by atoms with Gasteiger partial charge in [0.15, 0.2) is 0 Å². The second-order valence-corrected chi connectivity index (χ2v) is 6.21. The first-order valence-electron chi connectivity index (χ1n) is 9.21. The topological polar surface area (TPSA) is 106 Å². The highest BCUT2D eigenvalue weighted by Crippen LogP contribution is 2.21. The van der Waals surface area contributed by atoms with Gasteiger partial charge in [-0.2, -0.15) is 5.10 Å². The summed E-state index contributed by atoms with van der Waals surface area (Å²) in [7, 11) is 1.27. The first-order chi connectivity index (χ1) is 15.0. The number of amides is 2. The molecule has 156 valence electrons. The van der Waals surface area contributed by atoms with Crippen molar-refractivity contribution in [2.45, 2.75) is 0 Å². The zero-order valence-corrected chi connectivity index (χ0v) is 16.6. The molecule has 8 heteroatoms. The Labute approximate surface area is 178 Å². The highest BCUT2D eigenvalue weighted by Gasteiger charge is 2.13. The molecule has 0 fully saturated rings. The number of anilines is 1. The van der Waals surface area contributed by atoms with Gasteiger partial charge >= 0.3 is 17.8 Å². The summed E-state index contributed by atoms with van der Waals surface area (Å²) in [5.74, 6) is -1.03. The van der Waals surface area contributed by atoms with Crippen molar-refractivity contribution in [3.8, 4) is 11.5 Å². The van der Waals surface area contributed by atoms with Crippen molar-refractivity contribution < 1.29 is 23.9 Å². The third-order valence-electron chi connectivity index (χ3n) is 3.99. The maximum absolute atomic E-state index is 12.0. The van der Waals surface area contributed by atoms with Crippen LogP contribution in [0.15, 0.2) is 84.0 Å². The Hall–Kier alpha value is -4.46. The Morgan fingerprint density at radius 3 is 2.26 bits per heavy atom. The molecule has 0 radical (unpaired) electrons. The summed E-state index contributed by atoms with van der Waals surface area (Å²) in [6, 6.07) is 22.3. The smallest absolute Gasteiger partial charge is 0.337 e. The molecule has 0 unspecified atom stereocenters. The number of nitrogens with one attached hydrogen (secondary N) is 2. The summed E-state index contributed by atoms with van der Waals surface area (Å²) in [4.78, 5) is 35.3. The lowest BCUT2D eigenvalue weighted by Gasteiger charge is -2.06. The summed E-state index contributed by atoms with van der Waals surface area (Å²) >= 11 is 0. The fourth-order valence-electron chi connectivity index (χ4n) is 2.49. The molecule has 0 saturated carbocycles. The van der Waals surface area contributed by atoms with Crippen LogP contribution < -0.4 is 15.5 Å². The lowest BCUT2D eigenvalue weighted by molar-refractivity contribution is -0.136. The van der Waals surface area contributed by atoms with Crippen molar-refractivity contribution >= 4 is 29.7 Å². The van der Waals surface area contributed by atoms with E-state index in [9.17, 15) is 14.4 Å². The van der Waals surface area contributed by atoms with Crippen LogP contribution in [0.2, 0.25) is 0 Å². The van der Waals surface area contributed by atoms with Crippen LogP contribution in [-0.2, 0) is 14.3 Å². The molecule has 0 bridgehead atoms. The van der Waals surface area contributed by atoms with Gasteiger partial charge in [-0.15, -0.1) is 0 Å². The summed E-state index contributed by atoms with van der Waals surface area (Å²) in [5, 5.41) is 6.21. The van der Waals surface area contributed by atoms with Gasteiger partial charge in [0.2, 0.25) is 0 Å². The molecule has 3 aromatic carbocycles. The highest BCUT2D eigenvalue weighted by molar-refractivity contribution is 6.39. The van der Waals surface area contributed by atoms with E-state index in [1.807, 2.05) is 30.3 Å². The van der Waals surface area contributed by atoms with Crippen molar-refractivity contribution in [3.63, 3.8) is 0 Å². The quantitative estimate of drug-likeness (QED) is 0.277. The molecule has 0 atom stereocenters. The molecule has 3 rings (SSSR count). The van der Waals surface area contributed by atoms with Gasteiger partial charge in [-0.3, -0.25) is 9.59 Å². The number of carbonyl (C=O) groups is 3. The van der Waals surface area contributed by atoms with Crippen LogP contribution in [0.5, 0.6) is 11.5 Å². The number of rotatable bonds is 6. The van der Waals surface area contributed by atoms with Crippen LogP contribution in [0.25, 0.3) is 0 Å². The van der Waals surface area contributed by atoms with Gasteiger partial charge < -0.3 is 14.8 Å².